The summed E-state index contributed by atoms with van der Waals surface area (Å²) in [6.07, 6.45) is 0.613. The van der Waals surface area contributed by atoms with Gasteiger partial charge in [-0.05, 0) is 18.6 Å². The first-order valence-corrected chi connectivity index (χ1v) is 7.03. The molecule has 1 aromatic rings. The van der Waals surface area contributed by atoms with E-state index < -0.39 is 10.0 Å². The van der Waals surface area contributed by atoms with Crippen LogP contribution in [0.4, 0.5) is 5.69 Å². The van der Waals surface area contributed by atoms with Gasteiger partial charge in [0.2, 0.25) is 10.0 Å². The summed E-state index contributed by atoms with van der Waals surface area (Å²) in [6, 6.07) is 8.89. The molecule has 0 saturated heterocycles. The van der Waals surface area contributed by atoms with Crippen LogP contribution in [0.1, 0.15) is 6.42 Å². The molecule has 0 aliphatic rings. The molecule has 0 amide bonds. The zero-order valence-corrected chi connectivity index (χ0v) is 10.0. The average molecular weight is 278 g/mol. The topological polar surface area (TPSA) is 46.2 Å². The highest BCUT2D eigenvalue weighted by Crippen LogP contribution is 2.08. The lowest BCUT2D eigenvalue weighted by atomic mass is 10.3. The van der Waals surface area contributed by atoms with Gasteiger partial charge in [0.25, 0.3) is 0 Å². The number of sulfonamides is 1. The van der Waals surface area contributed by atoms with Crippen molar-refractivity contribution in [3.05, 3.63) is 30.3 Å². The molecule has 0 heterocycles. The van der Waals surface area contributed by atoms with Crippen LogP contribution in [0.25, 0.3) is 0 Å². The SMILES string of the molecule is O=S(=O)(CCCBr)Nc1ccccc1. The van der Waals surface area contributed by atoms with Gasteiger partial charge in [0.1, 0.15) is 0 Å². The molecule has 0 fully saturated rings. The number of halogens is 1. The summed E-state index contributed by atoms with van der Waals surface area (Å²) in [5, 5.41) is 0.697. The van der Waals surface area contributed by atoms with Crippen LogP contribution in [0.5, 0.6) is 0 Å². The monoisotopic (exact) mass is 277 g/mol. The van der Waals surface area contributed by atoms with Crippen LogP contribution in [0.2, 0.25) is 0 Å². The number of alkyl halides is 1. The van der Waals surface area contributed by atoms with E-state index in [0.717, 1.165) is 0 Å². The fourth-order valence-corrected chi connectivity index (χ4v) is 2.75. The first kappa shape index (κ1) is 11.5. The van der Waals surface area contributed by atoms with Gasteiger partial charge in [0.05, 0.1) is 5.75 Å². The summed E-state index contributed by atoms with van der Waals surface area (Å²) in [6.45, 7) is 0. The van der Waals surface area contributed by atoms with Crippen molar-refractivity contribution in [1.82, 2.24) is 0 Å². The molecule has 0 radical (unpaired) electrons. The highest BCUT2D eigenvalue weighted by Gasteiger charge is 2.08. The molecule has 78 valence electrons. The molecular formula is C9H12BrNO2S. The Morgan fingerprint density at radius 3 is 2.43 bits per heavy atom. The van der Waals surface area contributed by atoms with Gasteiger partial charge in [-0.1, -0.05) is 34.1 Å². The summed E-state index contributed by atoms with van der Waals surface area (Å²) >= 11 is 3.20. The van der Waals surface area contributed by atoms with Gasteiger partial charge in [0.15, 0.2) is 0 Å². The van der Waals surface area contributed by atoms with Crippen LogP contribution in [0.3, 0.4) is 0 Å². The maximum Gasteiger partial charge on any atom is 0.232 e. The Kier molecular flexibility index (Phi) is 4.41. The Labute approximate surface area is 92.7 Å². The molecule has 1 rings (SSSR count). The van der Waals surface area contributed by atoms with Crippen molar-refractivity contribution in [3.8, 4) is 0 Å². The minimum Gasteiger partial charge on any atom is -0.284 e. The summed E-state index contributed by atoms with van der Waals surface area (Å²) in [5.74, 6) is 0.146. The number of hydrogen-bond acceptors (Lipinski definition) is 2. The molecular weight excluding hydrogens is 266 g/mol. The summed E-state index contributed by atoms with van der Waals surface area (Å²) < 4.78 is 25.4. The molecule has 0 spiro atoms. The Morgan fingerprint density at radius 2 is 1.86 bits per heavy atom. The first-order valence-electron chi connectivity index (χ1n) is 4.25. The number of para-hydroxylation sites is 1. The molecule has 0 aromatic heterocycles. The van der Waals surface area contributed by atoms with Gasteiger partial charge in [-0.2, -0.15) is 0 Å². The summed E-state index contributed by atoms with van der Waals surface area (Å²) in [7, 11) is -3.18. The summed E-state index contributed by atoms with van der Waals surface area (Å²) in [5.41, 5.74) is 0.613. The van der Waals surface area contributed by atoms with Crippen LogP contribution in [0.15, 0.2) is 30.3 Å². The molecule has 0 saturated carbocycles. The second kappa shape index (κ2) is 5.36. The van der Waals surface area contributed by atoms with Crippen molar-refractivity contribution in [1.29, 1.82) is 0 Å². The van der Waals surface area contributed by atoms with Gasteiger partial charge in [0, 0.05) is 11.0 Å². The maximum absolute atomic E-state index is 11.4. The van der Waals surface area contributed by atoms with E-state index in [1.165, 1.54) is 0 Å². The lowest BCUT2D eigenvalue weighted by molar-refractivity contribution is 0.600. The quantitative estimate of drug-likeness (QED) is 0.839. The number of benzene rings is 1. The van der Waals surface area contributed by atoms with Gasteiger partial charge in [-0.15, -0.1) is 0 Å². The average Bonchev–Trinajstić information content (AvgIpc) is 2.16. The van der Waals surface area contributed by atoms with E-state index in [-0.39, 0.29) is 5.75 Å². The molecule has 0 unspecified atom stereocenters. The van der Waals surface area contributed by atoms with E-state index in [4.69, 9.17) is 0 Å². The fourth-order valence-electron chi connectivity index (χ4n) is 0.981. The lowest BCUT2D eigenvalue weighted by Gasteiger charge is -2.06. The Bertz CT molecular complexity index is 364. The van der Waals surface area contributed by atoms with E-state index in [1.807, 2.05) is 6.07 Å². The van der Waals surface area contributed by atoms with E-state index in [9.17, 15) is 8.42 Å². The third kappa shape index (κ3) is 4.11. The molecule has 1 N–H and O–H groups in total. The van der Waals surface area contributed by atoms with Gasteiger partial charge >= 0.3 is 0 Å². The number of anilines is 1. The first-order chi connectivity index (χ1) is 6.64. The second-order valence-electron chi connectivity index (χ2n) is 2.83. The Morgan fingerprint density at radius 1 is 1.21 bits per heavy atom. The summed E-state index contributed by atoms with van der Waals surface area (Å²) in [4.78, 5) is 0. The lowest BCUT2D eigenvalue weighted by Crippen LogP contribution is -2.16. The predicted molar refractivity (Wildman–Crippen MR) is 62.3 cm³/mol. The van der Waals surface area contributed by atoms with Crippen molar-refractivity contribution in [3.63, 3.8) is 0 Å². The van der Waals surface area contributed by atoms with Crippen LogP contribution in [0, 0.1) is 0 Å². The molecule has 14 heavy (non-hydrogen) atoms. The number of rotatable bonds is 5. The van der Waals surface area contributed by atoms with Crippen molar-refractivity contribution in [2.75, 3.05) is 15.8 Å². The van der Waals surface area contributed by atoms with Crippen molar-refractivity contribution in [2.45, 2.75) is 6.42 Å². The van der Waals surface area contributed by atoms with Crippen molar-refractivity contribution < 1.29 is 8.42 Å². The van der Waals surface area contributed by atoms with Gasteiger partial charge in [-0.25, -0.2) is 8.42 Å². The Hall–Kier alpha value is -0.550. The molecule has 0 aliphatic heterocycles. The number of hydrogen-bond donors (Lipinski definition) is 1. The van der Waals surface area contributed by atoms with Crippen LogP contribution in [-0.4, -0.2) is 19.5 Å². The van der Waals surface area contributed by atoms with Gasteiger partial charge < -0.3 is 0 Å². The van der Waals surface area contributed by atoms with Crippen molar-refractivity contribution >= 4 is 31.6 Å². The zero-order chi connectivity index (χ0) is 10.4. The Balaban J connectivity index is 2.60. The molecule has 0 aliphatic carbocycles. The fraction of sp³-hybridized carbons (Fsp3) is 0.333. The second-order valence-corrected chi connectivity index (χ2v) is 5.46. The molecule has 3 nitrogen and oxygen atoms in total. The molecule has 5 heteroatoms. The third-order valence-corrected chi connectivity index (χ3v) is 3.53. The highest BCUT2D eigenvalue weighted by atomic mass is 79.9. The highest BCUT2D eigenvalue weighted by molar-refractivity contribution is 9.09. The normalized spacial score (nSPS) is 11.2. The van der Waals surface area contributed by atoms with Crippen LogP contribution in [-0.2, 0) is 10.0 Å². The standard InChI is InChI=1S/C9H12BrNO2S/c10-7-4-8-14(12,13)11-9-5-2-1-3-6-9/h1-3,5-6,11H,4,7-8H2. The zero-order valence-electron chi connectivity index (χ0n) is 7.61. The van der Waals surface area contributed by atoms with E-state index in [0.29, 0.717) is 17.4 Å². The third-order valence-electron chi connectivity index (χ3n) is 1.59. The van der Waals surface area contributed by atoms with Crippen molar-refractivity contribution in [2.24, 2.45) is 0 Å². The predicted octanol–water partition coefficient (Wildman–Crippen LogP) is 2.21. The minimum atomic E-state index is -3.18. The molecule has 1 aromatic carbocycles. The van der Waals surface area contributed by atoms with E-state index in [2.05, 4.69) is 20.7 Å². The van der Waals surface area contributed by atoms with Crippen LogP contribution >= 0.6 is 15.9 Å². The smallest absolute Gasteiger partial charge is 0.232 e. The largest absolute Gasteiger partial charge is 0.284 e. The minimum absolute atomic E-state index is 0.146. The van der Waals surface area contributed by atoms with Gasteiger partial charge in [-0.3, -0.25) is 4.72 Å². The molecule has 0 bridgehead atoms. The molecule has 0 atom stereocenters. The van der Waals surface area contributed by atoms with Crippen LogP contribution < -0.4 is 4.72 Å². The van der Waals surface area contributed by atoms with E-state index in [1.54, 1.807) is 24.3 Å². The van der Waals surface area contributed by atoms with E-state index >= 15 is 0 Å². The number of nitrogens with one attached hydrogen (secondary N) is 1. The maximum atomic E-state index is 11.4.